The lowest BCUT2D eigenvalue weighted by Gasteiger charge is -2.44. The predicted molar refractivity (Wildman–Crippen MR) is 219 cm³/mol. The Balaban J connectivity index is 1.89. The summed E-state index contributed by atoms with van der Waals surface area (Å²) in [6.07, 6.45) is 3.47. The first kappa shape index (κ1) is 41.6. The molecule has 3 aromatic rings. The average molecular weight is 683 g/mol. The van der Waals surface area contributed by atoms with Crippen molar-refractivity contribution < 1.29 is 5.11 Å². The van der Waals surface area contributed by atoms with E-state index in [4.69, 9.17) is 0 Å². The molecular formula is C47H74N2O. The van der Waals surface area contributed by atoms with Crippen LogP contribution in [0, 0.1) is 17.3 Å². The van der Waals surface area contributed by atoms with Crippen LogP contribution in [0.1, 0.15) is 164 Å². The van der Waals surface area contributed by atoms with Crippen LogP contribution in [0.25, 0.3) is 0 Å². The number of aromatic hydroxyl groups is 1. The maximum atomic E-state index is 11.4. The molecule has 0 aliphatic heterocycles. The summed E-state index contributed by atoms with van der Waals surface area (Å²) in [5.74, 6) is 1.71. The van der Waals surface area contributed by atoms with Crippen LogP contribution >= 0.6 is 0 Å². The third kappa shape index (κ3) is 11.1. The third-order valence-electron chi connectivity index (χ3n) is 10.5. The molecule has 0 aliphatic carbocycles. The minimum atomic E-state index is -0.218. The molecule has 0 radical (unpaired) electrons. The van der Waals surface area contributed by atoms with E-state index >= 15 is 0 Å². The standard InChI is InChI=1S/C47H74N2O/c1-32(2)26-34(4)49(31-36-28-40(44(8,9)10)42(50)41(29-36)45(11,12)13)47(16,17)38-22-24-39(25-23-38)48-46(14,15)37-20-18-35(19-21-37)27-33(3)30-43(5,6)7/h18-25,28-29,32-34,48,50H,26-27,30-31H2,1-17H3. The number of rotatable bonds is 13. The van der Waals surface area contributed by atoms with Crippen molar-refractivity contribution in [3.8, 4) is 5.75 Å². The fourth-order valence-corrected chi connectivity index (χ4v) is 7.98. The zero-order valence-corrected chi connectivity index (χ0v) is 35.2. The van der Waals surface area contributed by atoms with Crippen molar-refractivity contribution in [1.82, 2.24) is 4.90 Å². The molecule has 0 aromatic heterocycles. The summed E-state index contributed by atoms with van der Waals surface area (Å²) in [6, 6.07) is 23.2. The summed E-state index contributed by atoms with van der Waals surface area (Å²) >= 11 is 0. The first-order valence-corrected chi connectivity index (χ1v) is 19.3. The summed E-state index contributed by atoms with van der Waals surface area (Å²) in [5.41, 5.74) is 8.06. The molecule has 0 fully saturated rings. The highest BCUT2D eigenvalue weighted by molar-refractivity contribution is 5.51. The Labute approximate surface area is 308 Å². The van der Waals surface area contributed by atoms with Gasteiger partial charge < -0.3 is 10.4 Å². The van der Waals surface area contributed by atoms with Crippen LogP contribution in [0.4, 0.5) is 5.69 Å². The average Bonchev–Trinajstić information content (AvgIpc) is 2.94. The van der Waals surface area contributed by atoms with E-state index in [1.807, 2.05) is 0 Å². The van der Waals surface area contributed by atoms with Crippen LogP contribution < -0.4 is 5.32 Å². The van der Waals surface area contributed by atoms with Gasteiger partial charge in [-0.1, -0.05) is 132 Å². The lowest BCUT2D eigenvalue weighted by atomic mass is 9.78. The van der Waals surface area contributed by atoms with Gasteiger partial charge in [-0.2, -0.15) is 0 Å². The summed E-state index contributed by atoms with van der Waals surface area (Å²) in [5, 5.41) is 15.3. The zero-order valence-electron chi connectivity index (χ0n) is 35.2. The second-order valence-corrected chi connectivity index (χ2v) is 20.3. The summed E-state index contributed by atoms with van der Waals surface area (Å²) < 4.78 is 0. The maximum absolute atomic E-state index is 11.4. The maximum Gasteiger partial charge on any atom is 0.123 e. The molecule has 3 heteroatoms. The monoisotopic (exact) mass is 683 g/mol. The van der Waals surface area contributed by atoms with E-state index in [0.29, 0.717) is 29.0 Å². The Kier molecular flexibility index (Phi) is 12.9. The minimum absolute atomic E-state index is 0.159. The van der Waals surface area contributed by atoms with Gasteiger partial charge >= 0.3 is 0 Å². The van der Waals surface area contributed by atoms with Crippen LogP contribution in [0.3, 0.4) is 0 Å². The second kappa shape index (κ2) is 15.4. The molecular weight excluding hydrogens is 609 g/mol. The smallest absolute Gasteiger partial charge is 0.123 e. The van der Waals surface area contributed by atoms with E-state index < -0.39 is 0 Å². The molecule has 50 heavy (non-hydrogen) atoms. The van der Waals surface area contributed by atoms with Gasteiger partial charge in [0.15, 0.2) is 0 Å². The highest BCUT2D eigenvalue weighted by atomic mass is 16.3. The number of anilines is 1. The van der Waals surface area contributed by atoms with Crippen molar-refractivity contribution in [2.24, 2.45) is 17.3 Å². The van der Waals surface area contributed by atoms with Crippen LogP contribution in [-0.4, -0.2) is 16.0 Å². The van der Waals surface area contributed by atoms with Gasteiger partial charge in [0.1, 0.15) is 5.75 Å². The molecule has 0 bridgehead atoms. The number of phenolic OH excluding ortho intramolecular Hbond substituents is 1. The zero-order chi connectivity index (χ0) is 38.0. The molecule has 0 saturated heterocycles. The Hall–Kier alpha value is -2.78. The molecule has 3 rings (SSSR count). The van der Waals surface area contributed by atoms with Crippen LogP contribution in [0.15, 0.2) is 60.7 Å². The minimum Gasteiger partial charge on any atom is -0.507 e. The molecule has 2 unspecified atom stereocenters. The highest BCUT2D eigenvalue weighted by Crippen LogP contribution is 2.42. The Morgan fingerprint density at radius 3 is 1.56 bits per heavy atom. The molecule has 0 saturated carbocycles. The van der Waals surface area contributed by atoms with Crippen LogP contribution in [-0.2, 0) is 34.9 Å². The van der Waals surface area contributed by atoms with Gasteiger partial charge in [0, 0.05) is 23.8 Å². The van der Waals surface area contributed by atoms with E-state index in [9.17, 15) is 5.11 Å². The number of phenols is 1. The van der Waals surface area contributed by atoms with E-state index in [0.717, 1.165) is 36.2 Å². The van der Waals surface area contributed by atoms with E-state index in [1.54, 1.807) is 0 Å². The third-order valence-corrected chi connectivity index (χ3v) is 10.5. The number of benzene rings is 3. The predicted octanol–water partition coefficient (Wildman–Crippen LogP) is 13.1. The van der Waals surface area contributed by atoms with E-state index in [-0.39, 0.29) is 21.9 Å². The van der Waals surface area contributed by atoms with Crippen molar-refractivity contribution in [2.75, 3.05) is 5.32 Å². The quantitative estimate of drug-likeness (QED) is 0.188. The Morgan fingerprint density at radius 1 is 0.640 bits per heavy atom. The Bertz CT molecular complexity index is 1490. The topological polar surface area (TPSA) is 35.5 Å². The Morgan fingerprint density at radius 2 is 1.12 bits per heavy atom. The fraction of sp³-hybridized carbons (Fsp3) is 0.617. The van der Waals surface area contributed by atoms with Gasteiger partial charge in [-0.05, 0) is 127 Å². The molecule has 0 heterocycles. The van der Waals surface area contributed by atoms with E-state index in [1.165, 1.54) is 28.7 Å². The lowest BCUT2D eigenvalue weighted by Crippen LogP contribution is -2.47. The molecule has 2 N–H and O–H groups in total. The van der Waals surface area contributed by atoms with Crippen molar-refractivity contribution in [1.29, 1.82) is 0 Å². The largest absolute Gasteiger partial charge is 0.507 e. The number of hydrogen-bond donors (Lipinski definition) is 2. The van der Waals surface area contributed by atoms with Crippen molar-refractivity contribution in [3.63, 3.8) is 0 Å². The molecule has 0 aliphatic rings. The SMILES string of the molecule is CC(C)CC(C)N(Cc1cc(C(C)(C)C)c(O)c(C(C)(C)C)c1)C(C)(C)c1ccc(NC(C)(C)c2ccc(CC(C)CC(C)(C)C)cc2)cc1. The molecule has 3 nitrogen and oxygen atoms in total. The second-order valence-electron chi connectivity index (χ2n) is 20.3. The van der Waals surface area contributed by atoms with Gasteiger partial charge in [0.05, 0.1) is 5.54 Å². The van der Waals surface area contributed by atoms with Gasteiger partial charge in [-0.3, -0.25) is 4.90 Å². The van der Waals surface area contributed by atoms with Crippen molar-refractivity contribution in [3.05, 3.63) is 94.0 Å². The molecule has 0 spiro atoms. The van der Waals surface area contributed by atoms with Crippen LogP contribution in [0.2, 0.25) is 0 Å². The van der Waals surface area contributed by atoms with Gasteiger partial charge in [0.25, 0.3) is 0 Å². The fourth-order valence-electron chi connectivity index (χ4n) is 7.98. The normalized spacial score (nSPS) is 14.7. The number of hydrogen-bond acceptors (Lipinski definition) is 3. The van der Waals surface area contributed by atoms with Gasteiger partial charge in [-0.25, -0.2) is 0 Å². The van der Waals surface area contributed by atoms with Gasteiger partial charge in [0.2, 0.25) is 0 Å². The number of nitrogens with one attached hydrogen (secondary N) is 1. The van der Waals surface area contributed by atoms with Gasteiger partial charge in [-0.15, -0.1) is 0 Å². The molecule has 0 amide bonds. The van der Waals surface area contributed by atoms with Crippen molar-refractivity contribution in [2.45, 2.75) is 171 Å². The van der Waals surface area contributed by atoms with Crippen LogP contribution in [0.5, 0.6) is 5.75 Å². The summed E-state index contributed by atoms with van der Waals surface area (Å²) in [7, 11) is 0. The lowest BCUT2D eigenvalue weighted by molar-refractivity contribution is 0.0549. The number of nitrogens with zero attached hydrogens (tertiary/aromatic N) is 1. The highest BCUT2D eigenvalue weighted by Gasteiger charge is 2.34. The molecule has 278 valence electrons. The van der Waals surface area contributed by atoms with E-state index in [2.05, 4.69) is 189 Å². The summed E-state index contributed by atoms with van der Waals surface area (Å²) in [6.45, 7) is 39.7. The molecule has 3 aromatic carbocycles. The first-order chi connectivity index (χ1) is 22.7. The molecule has 2 atom stereocenters. The first-order valence-electron chi connectivity index (χ1n) is 19.3. The summed E-state index contributed by atoms with van der Waals surface area (Å²) in [4.78, 5) is 2.68. The van der Waals surface area contributed by atoms with Crippen molar-refractivity contribution >= 4 is 5.69 Å².